The lowest BCUT2D eigenvalue weighted by Crippen LogP contribution is -2.35. The Balaban J connectivity index is 1.85. The molecule has 0 aliphatic rings. The Morgan fingerprint density at radius 2 is 1.95 bits per heavy atom. The Morgan fingerprint density at radius 3 is 2.57 bits per heavy atom. The second-order valence-corrected chi connectivity index (χ2v) is 4.71. The maximum absolute atomic E-state index is 11.9. The molecule has 1 N–H and O–H groups in total. The largest absolute Gasteiger partial charge is 0.467 e. The van der Waals surface area contributed by atoms with Crippen LogP contribution in [-0.2, 0) is 16.1 Å². The van der Waals surface area contributed by atoms with Gasteiger partial charge in [0.1, 0.15) is 5.76 Å². The molecular formula is C16H17NO4. The molecular weight excluding hydrogens is 270 g/mol. The number of esters is 1. The van der Waals surface area contributed by atoms with E-state index in [4.69, 9.17) is 9.15 Å². The predicted octanol–water partition coefficient (Wildman–Crippen LogP) is 2.45. The average molecular weight is 287 g/mol. The quantitative estimate of drug-likeness (QED) is 0.858. The fraction of sp³-hybridized carbons (Fsp3) is 0.250. The summed E-state index contributed by atoms with van der Waals surface area (Å²) in [5.74, 6) is -0.247. The van der Waals surface area contributed by atoms with Crippen LogP contribution >= 0.6 is 0 Å². The molecule has 1 aromatic heterocycles. The molecule has 5 heteroatoms. The minimum Gasteiger partial charge on any atom is -0.467 e. The van der Waals surface area contributed by atoms with Crippen molar-refractivity contribution in [1.82, 2.24) is 5.32 Å². The summed E-state index contributed by atoms with van der Waals surface area (Å²) in [4.78, 5) is 23.7. The number of rotatable bonds is 5. The van der Waals surface area contributed by atoms with E-state index in [0.29, 0.717) is 11.3 Å². The number of furan rings is 1. The van der Waals surface area contributed by atoms with E-state index < -0.39 is 12.1 Å². The molecule has 1 aromatic carbocycles. The third-order valence-corrected chi connectivity index (χ3v) is 2.96. The zero-order chi connectivity index (χ0) is 15.2. The molecule has 0 unspecified atom stereocenters. The van der Waals surface area contributed by atoms with Crippen molar-refractivity contribution in [2.45, 2.75) is 26.5 Å². The number of benzene rings is 1. The van der Waals surface area contributed by atoms with Crippen molar-refractivity contribution in [3.8, 4) is 0 Å². The number of amides is 1. The van der Waals surface area contributed by atoms with Crippen molar-refractivity contribution in [2.24, 2.45) is 0 Å². The second-order valence-electron chi connectivity index (χ2n) is 4.71. The van der Waals surface area contributed by atoms with Gasteiger partial charge in [0, 0.05) is 0 Å². The van der Waals surface area contributed by atoms with Crippen LogP contribution in [0.4, 0.5) is 0 Å². The van der Waals surface area contributed by atoms with Crippen LogP contribution in [-0.4, -0.2) is 18.0 Å². The summed E-state index contributed by atoms with van der Waals surface area (Å²) < 4.78 is 10.2. The van der Waals surface area contributed by atoms with E-state index in [0.717, 1.165) is 5.56 Å². The van der Waals surface area contributed by atoms with Gasteiger partial charge in [0.2, 0.25) is 0 Å². The topological polar surface area (TPSA) is 68.5 Å². The van der Waals surface area contributed by atoms with Gasteiger partial charge in [-0.1, -0.05) is 17.7 Å². The van der Waals surface area contributed by atoms with E-state index in [9.17, 15) is 9.59 Å². The lowest BCUT2D eigenvalue weighted by molar-refractivity contribution is -0.129. The summed E-state index contributed by atoms with van der Waals surface area (Å²) in [6, 6.07) is 10.5. The molecule has 1 amide bonds. The van der Waals surface area contributed by atoms with E-state index >= 15 is 0 Å². The third-order valence-electron chi connectivity index (χ3n) is 2.96. The van der Waals surface area contributed by atoms with Crippen LogP contribution in [0.2, 0.25) is 0 Å². The van der Waals surface area contributed by atoms with Crippen LogP contribution in [0, 0.1) is 6.92 Å². The molecule has 21 heavy (non-hydrogen) atoms. The summed E-state index contributed by atoms with van der Waals surface area (Å²) in [7, 11) is 0. The van der Waals surface area contributed by atoms with Crippen molar-refractivity contribution in [2.75, 3.05) is 0 Å². The van der Waals surface area contributed by atoms with Gasteiger partial charge < -0.3 is 14.5 Å². The molecule has 0 spiro atoms. The fourth-order valence-electron chi connectivity index (χ4n) is 1.70. The first kappa shape index (κ1) is 14.8. The Morgan fingerprint density at radius 1 is 1.24 bits per heavy atom. The Hall–Kier alpha value is -2.56. The number of nitrogens with one attached hydrogen (secondary N) is 1. The molecule has 5 nitrogen and oxygen atoms in total. The smallest absolute Gasteiger partial charge is 0.338 e. The second kappa shape index (κ2) is 6.74. The summed E-state index contributed by atoms with van der Waals surface area (Å²) in [6.45, 7) is 3.72. The molecule has 0 aliphatic carbocycles. The number of aryl methyl sites for hydroxylation is 1. The Kier molecular flexibility index (Phi) is 4.77. The number of carbonyl (C=O) groups excluding carboxylic acids is 2. The van der Waals surface area contributed by atoms with Crippen molar-refractivity contribution in [3.05, 3.63) is 59.5 Å². The highest BCUT2D eigenvalue weighted by Crippen LogP contribution is 2.07. The summed E-state index contributed by atoms with van der Waals surface area (Å²) >= 11 is 0. The highest BCUT2D eigenvalue weighted by molar-refractivity contribution is 5.92. The summed E-state index contributed by atoms with van der Waals surface area (Å²) in [5.41, 5.74) is 1.47. The molecule has 0 radical (unpaired) electrons. The van der Waals surface area contributed by atoms with E-state index in [1.807, 2.05) is 19.1 Å². The molecule has 2 aromatic rings. The number of ether oxygens (including phenoxy) is 1. The first-order valence-corrected chi connectivity index (χ1v) is 6.64. The van der Waals surface area contributed by atoms with E-state index in [2.05, 4.69) is 5.32 Å². The van der Waals surface area contributed by atoms with Gasteiger partial charge in [0.25, 0.3) is 5.91 Å². The highest BCUT2D eigenvalue weighted by Gasteiger charge is 2.18. The Bertz CT molecular complexity index is 602. The molecule has 1 atom stereocenters. The van der Waals surface area contributed by atoms with Crippen LogP contribution in [0.5, 0.6) is 0 Å². The first-order valence-electron chi connectivity index (χ1n) is 6.64. The normalized spacial score (nSPS) is 11.7. The van der Waals surface area contributed by atoms with Gasteiger partial charge in [-0.15, -0.1) is 0 Å². The number of hydrogen-bond donors (Lipinski definition) is 1. The predicted molar refractivity (Wildman–Crippen MR) is 76.6 cm³/mol. The minimum absolute atomic E-state index is 0.262. The molecule has 0 fully saturated rings. The molecule has 0 aliphatic heterocycles. The lowest BCUT2D eigenvalue weighted by atomic mass is 10.1. The zero-order valence-electron chi connectivity index (χ0n) is 12.0. The van der Waals surface area contributed by atoms with Gasteiger partial charge in [-0.2, -0.15) is 0 Å². The Labute approximate surface area is 122 Å². The van der Waals surface area contributed by atoms with Gasteiger partial charge in [-0.05, 0) is 38.1 Å². The number of carbonyl (C=O) groups is 2. The molecule has 110 valence electrons. The third kappa shape index (κ3) is 4.21. The number of hydrogen-bond acceptors (Lipinski definition) is 4. The maximum Gasteiger partial charge on any atom is 0.338 e. The van der Waals surface area contributed by atoms with Gasteiger partial charge in [0.05, 0.1) is 18.4 Å². The van der Waals surface area contributed by atoms with Crippen molar-refractivity contribution >= 4 is 11.9 Å². The summed E-state index contributed by atoms with van der Waals surface area (Å²) in [5, 5.41) is 2.64. The fourth-order valence-corrected chi connectivity index (χ4v) is 1.70. The van der Waals surface area contributed by atoms with Gasteiger partial charge in [-0.25, -0.2) is 4.79 Å². The standard InChI is InChI=1S/C16H17NO4/c1-11-5-7-13(8-6-11)16(19)21-12(2)15(18)17-10-14-4-3-9-20-14/h3-9,12H,10H2,1-2H3,(H,17,18)/t12-/m0/s1. The molecule has 1 heterocycles. The highest BCUT2D eigenvalue weighted by atomic mass is 16.5. The van der Waals surface area contributed by atoms with Crippen molar-refractivity contribution in [3.63, 3.8) is 0 Å². The monoisotopic (exact) mass is 287 g/mol. The maximum atomic E-state index is 11.9. The van der Waals surface area contributed by atoms with Crippen molar-refractivity contribution < 1.29 is 18.7 Å². The average Bonchev–Trinajstić information content (AvgIpc) is 2.98. The van der Waals surface area contributed by atoms with E-state index in [1.54, 1.807) is 24.3 Å². The zero-order valence-corrected chi connectivity index (χ0v) is 12.0. The van der Waals surface area contributed by atoms with Crippen LogP contribution in [0.1, 0.15) is 28.6 Å². The van der Waals surface area contributed by atoms with Crippen LogP contribution < -0.4 is 5.32 Å². The van der Waals surface area contributed by atoms with Crippen LogP contribution in [0.3, 0.4) is 0 Å². The SMILES string of the molecule is Cc1ccc(C(=O)O[C@@H](C)C(=O)NCc2ccco2)cc1. The minimum atomic E-state index is -0.867. The van der Waals surface area contributed by atoms with Gasteiger partial charge >= 0.3 is 5.97 Å². The van der Waals surface area contributed by atoms with Crippen LogP contribution in [0.25, 0.3) is 0 Å². The van der Waals surface area contributed by atoms with Crippen molar-refractivity contribution in [1.29, 1.82) is 0 Å². The lowest BCUT2D eigenvalue weighted by Gasteiger charge is -2.13. The molecule has 0 saturated carbocycles. The molecule has 2 rings (SSSR count). The van der Waals surface area contributed by atoms with Gasteiger partial charge in [-0.3, -0.25) is 4.79 Å². The summed E-state index contributed by atoms with van der Waals surface area (Å²) in [6.07, 6.45) is 0.663. The molecule has 0 saturated heterocycles. The van der Waals surface area contributed by atoms with E-state index in [-0.39, 0.29) is 12.5 Å². The first-order chi connectivity index (χ1) is 10.1. The molecule has 0 bridgehead atoms. The van der Waals surface area contributed by atoms with Gasteiger partial charge in [0.15, 0.2) is 6.10 Å². The van der Waals surface area contributed by atoms with E-state index in [1.165, 1.54) is 13.2 Å². The van der Waals surface area contributed by atoms with Crippen LogP contribution in [0.15, 0.2) is 47.1 Å².